The van der Waals surface area contributed by atoms with Gasteiger partial charge < -0.3 is 4.74 Å². The van der Waals surface area contributed by atoms with Crippen molar-refractivity contribution in [3.05, 3.63) is 95.6 Å². The predicted octanol–water partition coefficient (Wildman–Crippen LogP) is 6.92. The summed E-state index contributed by atoms with van der Waals surface area (Å²) in [5.74, 6) is -0.830. The highest BCUT2D eigenvalue weighted by Crippen LogP contribution is 2.37. The number of ketones is 1. The molecule has 4 aromatic rings. The quantitative estimate of drug-likeness (QED) is 0.209. The highest BCUT2D eigenvalue weighted by Gasteiger charge is 2.34. The average Bonchev–Trinajstić information content (AvgIpc) is 2.76. The second-order valence-electron chi connectivity index (χ2n) is 6.84. The number of allylic oxidation sites excluding steroid dienone is 1. The van der Waals surface area contributed by atoms with E-state index in [0.29, 0.717) is 0 Å². The number of hydrogen-bond donors (Lipinski definition) is 0. The van der Waals surface area contributed by atoms with Crippen LogP contribution < -0.4 is 4.74 Å². The van der Waals surface area contributed by atoms with Crippen molar-refractivity contribution in [2.75, 3.05) is 7.11 Å². The largest absolute Gasteiger partial charge is 0.496 e. The molecule has 0 unspecified atom stereocenters. The third-order valence-electron chi connectivity index (χ3n) is 5.00. The Morgan fingerprint density at radius 2 is 1.53 bits per heavy atom. The molecule has 0 amide bonds. The summed E-state index contributed by atoms with van der Waals surface area (Å²) in [5, 5.41) is 4.13. The number of hydrogen-bond acceptors (Lipinski definition) is 2. The first-order chi connectivity index (χ1) is 14.4. The molecule has 0 atom stereocenters. The lowest BCUT2D eigenvalue weighted by atomic mass is 9.96. The Hall–Kier alpha value is -3.60. The van der Waals surface area contributed by atoms with Gasteiger partial charge in [-0.05, 0) is 57.4 Å². The predicted molar refractivity (Wildman–Crippen MR) is 113 cm³/mol. The molecule has 0 aliphatic carbocycles. The smallest absolute Gasteiger partial charge is 0.419 e. The van der Waals surface area contributed by atoms with Gasteiger partial charge in [-0.3, -0.25) is 4.79 Å². The molecule has 0 saturated carbocycles. The van der Waals surface area contributed by atoms with Crippen LogP contribution in [0.15, 0.2) is 78.9 Å². The molecule has 4 aromatic carbocycles. The van der Waals surface area contributed by atoms with Crippen LogP contribution >= 0.6 is 0 Å². The van der Waals surface area contributed by atoms with Crippen molar-refractivity contribution in [1.29, 1.82) is 0 Å². The summed E-state index contributed by atoms with van der Waals surface area (Å²) in [6, 6.07) is 21.0. The minimum absolute atomic E-state index is 0.0514. The van der Waals surface area contributed by atoms with E-state index >= 15 is 0 Å². The first-order valence-electron chi connectivity index (χ1n) is 9.26. The SMILES string of the molecule is COc1ccc(C(=O)/C=C/c2cc3ccccc3c3ccccc23)cc1C(F)(F)F. The number of halogens is 3. The van der Waals surface area contributed by atoms with E-state index in [-0.39, 0.29) is 11.3 Å². The minimum Gasteiger partial charge on any atom is -0.496 e. The number of rotatable bonds is 4. The zero-order valence-electron chi connectivity index (χ0n) is 16.0. The molecule has 0 saturated heterocycles. The van der Waals surface area contributed by atoms with E-state index in [1.165, 1.54) is 12.1 Å². The first-order valence-corrected chi connectivity index (χ1v) is 9.26. The van der Waals surface area contributed by atoms with Crippen molar-refractivity contribution < 1.29 is 22.7 Å². The lowest BCUT2D eigenvalue weighted by molar-refractivity contribution is -0.138. The molecular formula is C25H17F3O2. The number of alkyl halides is 3. The molecule has 0 aliphatic heterocycles. The summed E-state index contributed by atoms with van der Waals surface area (Å²) in [5.41, 5.74) is -0.202. The molecule has 0 aromatic heterocycles. The minimum atomic E-state index is -4.61. The standard InChI is InChI=1S/C25H17F3O2/c1-30-24-13-11-18(15-22(24)25(26,27)28)23(29)12-10-17-14-16-6-2-3-7-19(16)21-9-5-4-8-20(17)21/h2-15H,1H3/b12-10+. The van der Waals surface area contributed by atoms with E-state index in [4.69, 9.17) is 4.74 Å². The van der Waals surface area contributed by atoms with E-state index in [1.54, 1.807) is 6.08 Å². The maximum atomic E-state index is 13.2. The van der Waals surface area contributed by atoms with Crippen LogP contribution in [-0.2, 0) is 6.18 Å². The third kappa shape index (κ3) is 3.66. The van der Waals surface area contributed by atoms with Gasteiger partial charge in [-0.15, -0.1) is 0 Å². The van der Waals surface area contributed by atoms with Gasteiger partial charge in [-0.2, -0.15) is 13.2 Å². The van der Waals surface area contributed by atoms with Gasteiger partial charge in [0.1, 0.15) is 5.75 Å². The fraction of sp³-hybridized carbons (Fsp3) is 0.0800. The summed E-state index contributed by atoms with van der Waals surface area (Å²) >= 11 is 0. The van der Waals surface area contributed by atoms with Gasteiger partial charge in [-0.1, -0.05) is 54.6 Å². The monoisotopic (exact) mass is 406 g/mol. The summed E-state index contributed by atoms with van der Waals surface area (Å²) in [7, 11) is 1.16. The van der Waals surface area contributed by atoms with Gasteiger partial charge in [0.2, 0.25) is 0 Å². The van der Waals surface area contributed by atoms with Crippen LogP contribution in [0.25, 0.3) is 27.6 Å². The maximum absolute atomic E-state index is 13.2. The zero-order valence-corrected chi connectivity index (χ0v) is 16.0. The summed E-state index contributed by atoms with van der Waals surface area (Å²) in [6.07, 6.45) is -1.66. The van der Waals surface area contributed by atoms with Crippen molar-refractivity contribution in [2.24, 2.45) is 0 Å². The molecule has 150 valence electrons. The lowest BCUT2D eigenvalue weighted by Crippen LogP contribution is -2.09. The molecule has 0 N–H and O–H groups in total. The lowest BCUT2D eigenvalue weighted by Gasteiger charge is -2.12. The second kappa shape index (κ2) is 7.67. The Balaban J connectivity index is 1.75. The summed E-state index contributed by atoms with van der Waals surface area (Å²) in [6.45, 7) is 0. The molecule has 0 aliphatic rings. The molecule has 0 heterocycles. The van der Waals surface area contributed by atoms with Crippen molar-refractivity contribution in [3.63, 3.8) is 0 Å². The van der Waals surface area contributed by atoms with Crippen molar-refractivity contribution >= 4 is 33.4 Å². The van der Waals surface area contributed by atoms with Gasteiger partial charge in [0.15, 0.2) is 5.78 Å². The number of methoxy groups -OCH3 is 1. The fourth-order valence-corrected chi connectivity index (χ4v) is 3.57. The van der Waals surface area contributed by atoms with Crippen molar-refractivity contribution in [2.45, 2.75) is 6.18 Å². The third-order valence-corrected chi connectivity index (χ3v) is 5.00. The fourth-order valence-electron chi connectivity index (χ4n) is 3.57. The zero-order chi connectivity index (χ0) is 21.3. The van der Waals surface area contributed by atoms with Gasteiger partial charge in [-0.25, -0.2) is 0 Å². The number of ether oxygens (including phenoxy) is 1. The second-order valence-corrected chi connectivity index (χ2v) is 6.84. The number of carbonyl (C=O) groups excluding carboxylic acids is 1. The molecular weight excluding hydrogens is 389 g/mol. The van der Waals surface area contributed by atoms with Gasteiger partial charge >= 0.3 is 6.18 Å². The van der Waals surface area contributed by atoms with Crippen LogP contribution in [0.4, 0.5) is 13.2 Å². The Labute approximate surface area is 171 Å². The highest BCUT2D eigenvalue weighted by molar-refractivity contribution is 6.13. The van der Waals surface area contributed by atoms with Crippen LogP contribution in [0.1, 0.15) is 21.5 Å². The molecule has 0 bridgehead atoms. The molecule has 4 rings (SSSR count). The number of carbonyl (C=O) groups is 1. The van der Waals surface area contributed by atoms with Crippen molar-refractivity contribution in [1.82, 2.24) is 0 Å². The molecule has 0 fully saturated rings. The van der Waals surface area contributed by atoms with Gasteiger partial charge in [0.25, 0.3) is 0 Å². The molecule has 5 heteroatoms. The molecule has 0 spiro atoms. The highest BCUT2D eigenvalue weighted by atomic mass is 19.4. The average molecular weight is 406 g/mol. The normalized spacial score (nSPS) is 12.0. The topological polar surface area (TPSA) is 26.3 Å². The van der Waals surface area contributed by atoms with E-state index in [2.05, 4.69) is 0 Å². The Kier molecular flexibility index (Phi) is 5.04. The van der Waals surface area contributed by atoms with Gasteiger partial charge in [0.05, 0.1) is 12.7 Å². The van der Waals surface area contributed by atoms with Gasteiger partial charge in [0, 0.05) is 5.56 Å². The molecule has 30 heavy (non-hydrogen) atoms. The Bertz CT molecular complexity index is 1290. The van der Waals surface area contributed by atoms with Crippen LogP contribution in [0, 0.1) is 0 Å². The van der Waals surface area contributed by atoms with Crippen LogP contribution in [0.3, 0.4) is 0 Å². The van der Waals surface area contributed by atoms with E-state index in [0.717, 1.165) is 46.4 Å². The Morgan fingerprint density at radius 3 is 2.23 bits per heavy atom. The molecule has 0 radical (unpaired) electrons. The Morgan fingerprint density at radius 1 is 0.867 bits per heavy atom. The van der Waals surface area contributed by atoms with E-state index in [1.807, 2.05) is 54.6 Å². The first kappa shape index (κ1) is 19.7. The number of benzene rings is 4. The van der Waals surface area contributed by atoms with E-state index < -0.39 is 17.5 Å². The summed E-state index contributed by atoms with van der Waals surface area (Å²) < 4.78 is 44.5. The summed E-state index contributed by atoms with van der Waals surface area (Å²) in [4.78, 5) is 12.6. The van der Waals surface area contributed by atoms with Crippen molar-refractivity contribution in [3.8, 4) is 5.75 Å². The van der Waals surface area contributed by atoms with E-state index in [9.17, 15) is 18.0 Å². The van der Waals surface area contributed by atoms with Crippen LogP contribution in [-0.4, -0.2) is 12.9 Å². The van der Waals surface area contributed by atoms with Crippen LogP contribution in [0.2, 0.25) is 0 Å². The maximum Gasteiger partial charge on any atom is 0.419 e. The molecule has 2 nitrogen and oxygen atoms in total. The van der Waals surface area contributed by atoms with Crippen LogP contribution in [0.5, 0.6) is 5.75 Å². The number of fused-ring (bicyclic) bond motifs is 3.